The normalized spacial score (nSPS) is 11.2. The lowest BCUT2D eigenvalue weighted by atomic mass is 10.1. The zero-order valence-electron chi connectivity index (χ0n) is 19.1. The maximum atomic E-state index is 11.8. The third kappa shape index (κ3) is 4.70. The molecule has 0 bridgehead atoms. The molecule has 0 aliphatic rings. The van der Waals surface area contributed by atoms with Gasteiger partial charge in [0.2, 0.25) is 0 Å². The van der Waals surface area contributed by atoms with Gasteiger partial charge in [0.25, 0.3) is 0 Å². The van der Waals surface area contributed by atoms with Gasteiger partial charge in [-0.1, -0.05) is 24.3 Å². The molecule has 6 nitrogen and oxygen atoms in total. The number of halogens is 2. The van der Waals surface area contributed by atoms with Gasteiger partial charge in [0.15, 0.2) is 0 Å². The fourth-order valence-electron chi connectivity index (χ4n) is 3.84. The maximum absolute atomic E-state index is 11.8. The van der Waals surface area contributed by atoms with E-state index in [1.807, 2.05) is 48.5 Å². The predicted molar refractivity (Wildman–Crippen MR) is 151 cm³/mol. The summed E-state index contributed by atoms with van der Waals surface area (Å²) in [6.45, 7) is 0. The molecule has 0 fully saturated rings. The predicted octanol–water partition coefficient (Wildman–Crippen LogP) is 7.20. The Morgan fingerprint density at radius 1 is 0.722 bits per heavy atom. The summed E-state index contributed by atoms with van der Waals surface area (Å²) in [7, 11) is 2.76. The molecule has 0 aliphatic carbocycles. The molecule has 3 heterocycles. The van der Waals surface area contributed by atoms with E-state index in [-0.39, 0.29) is 24.8 Å². The summed E-state index contributed by atoms with van der Waals surface area (Å²) in [6.07, 6.45) is 0.388. The van der Waals surface area contributed by atoms with Crippen LogP contribution in [-0.4, -0.2) is 36.1 Å². The van der Waals surface area contributed by atoms with Crippen LogP contribution in [0, 0.1) is 0 Å². The van der Waals surface area contributed by atoms with Crippen LogP contribution >= 0.6 is 54.5 Å². The summed E-state index contributed by atoms with van der Waals surface area (Å²) in [5.41, 5.74) is 2.87. The number of methoxy groups -OCH3 is 2. The number of carbonyl (C=O) groups excluding carboxylic acids is 2. The van der Waals surface area contributed by atoms with Gasteiger partial charge in [-0.05, 0) is 66.9 Å². The molecule has 0 spiro atoms. The second-order valence-corrected chi connectivity index (χ2v) is 11.8. The first kappa shape index (κ1) is 25.0. The van der Waals surface area contributed by atoms with Crippen molar-refractivity contribution in [3.8, 4) is 21.1 Å². The minimum absolute atomic E-state index is 0.194. The van der Waals surface area contributed by atoms with Gasteiger partial charge in [-0.2, -0.15) is 0 Å². The molecule has 2 aromatic carbocycles. The smallest absolute Gasteiger partial charge is 0.310 e. The van der Waals surface area contributed by atoms with Crippen LogP contribution in [-0.2, 0) is 31.9 Å². The van der Waals surface area contributed by atoms with E-state index in [1.165, 1.54) is 36.9 Å². The van der Waals surface area contributed by atoms with E-state index in [1.54, 1.807) is 0 Å². The fraction of sp³-hybridized carbons (Fsp3) is 0.154. The highest BCUT2D eigenvalue weighted by molar-refractivity contribution is 9.11. The number of ether oxygens (including phenoxy) is 2. The van der Waals surface area contributed by atoms with E-state index in [2.05, 4.69) is 31.9 Å². The first-order valence-corrected chi connectivity index (χ1v) is 14.0. The number of benzene rings is 2. The van der Waals surface area contributed by atoms with Gasteiger partial charge in [0, 0.05) is 9.75 Å². The van der Waals surface area contributed by atoms with Crippen LogP contribution in [0.3, 0.4) is 0 Å². The number of nitrogens with zero attached hydrogens (tertiary/aromatic N) is 2. The van der Waals surface area contributed by atoms with Crippen molar-refractivity contribution in [1.29, 1.82) is 0 Å². The van der Waals surface area contributed by atoms with Crippen LogP contribution in [0.1, 0.15) is 9.75 Å². The molecule has 10 heteroatoms. The lowest BCUT2D eigenvalue weighted by Gasteiger charge is -2.12. The van der Waals surface area contributed by atoms with Crippen LogP contribution in [0.5, 0.6) is 0 Å². The van der Waals surface area contributed by atoms with Crippen molar-refractivity contribution in [3.63, 3.8) is 0 Å². The highest BCUT2D eigenvalue weighted by Gasteiger charge is 2.21. The van der Waals surface area contributed by atoms with Gasteiger partial charge in [0.1, 0.15) is 22.4 Å². The molecule has 0 saturated carbocycles. The maximum Gasteiger partial charge on any atom is 0.310 e. The Bertz CT molecular complexity index is 1520. The highest BCUT2D eigenvalue weighted by atomic mass is 79.9. The van der Waals surface area contributed by atoms with Crippen molar-refractivity contribution in [2.24, 2.45) is 0 Å². The lowest BCUT2D eigenvalue weighted by Crippen LogP contribution is -2.02. The van der Waals surface area contributed by atoms with Crippen molar-refractivity contribution >= 4 is 88.3 Å². The van der Waals surface area contributed by atoms with Gasteiger partial charge < -0.3 is 9.47 Å². The average Bonchev–Trinajstić information content (AvgIpc) is 3.56. The zero-order valence-corrected chi connectivity index (χ0v) is 23.9. The summed E-state index contributed by atoms with van der Waals surface area (Å²) < 4.78 is 11.4. The van der Waals surface area contributed by atoms with Crippen LogP contribution in [0.15, 0.2) is 57.5 Å². The van der Waals surface area contributed by atoms with E-state index in [9.17, 15) is 9.59 Å². The van der Waals surface area contributed by atoms with Gasteiger partial charge in [-0.25, -0.2) is 9.97 Å². The van der Waals surface area contributed by atoms with Crippen LogP contribution in [0.4, 0.5) is 0 Å². The Morgan fingerprint density at radius 3 is 1.53 bits per heavy atom. The van der Waals surface area contributed by atoms with Gasteiger partial charge in [0.05, 0.1) is 45.8 Å². The molecular formula is C26H18Br2N2O4S2. The molecule has 3 aromatic heterocycles. The molecule has 0 atom stereocenters. The minimum Gasteiger partial charge on any atom is -0.469 e. The second kappa shape index (κ2) is 10.4. The number of thiophene rings is 2. The number of aromatic nitrogens is 2. The number of rotatable bonds is 6. The third-order valence-corrected chi connectivity index (χ3v) is 9.38. The average molecular weight is 646 g/mol. The molecule has 182 valence electrons. The van der Waals surface area contributed by atoms with Crippen molar-refractivity contribution in [2.75, 3.05) is 14.2 Å². The number of esters is 2. The van der Waals surface area contributed by atoms with Crippen molar-refractivity contribution < 1.29 is 19.1 Å². The Morgan fingerprint density at radius 2 is 1.14 bits per heavy atom. The fourth-order valence-corrected chi connectivity index (χ4v) is 7.05. The zero-order chi connectivity index (χ0) is 25.4. The Balaban J connectivity index is 1.74. The van der Waals surface area contributed by atoms with Gasteiger partial charge >= 0.3 is 11.9 Å². The largest absolute Gasteiger partial charge is 0.469 e. The van der Waals surface area contributed by atoms with Crippen molar-refractivity contribution in [2.45, 2.75) is 12.8 Å². The second-order valence-electron chi connectivity index (χ2n) is 7.83. The molecule has 5 rings (SSSR count). The Hall–Kier alpha value is -2.66. The van der Waals surface area contributed by atoms with Crippen LogP contribution < -0.4 is 0 Å². The highest BCUT2D eigenvalue weighted by Crippen LogP contribution is 2.43. The van der Waals surface area contributed by atoms with E-state index in [0.717, 1.165) is 50.3 Å². The molecule has 0 unspecified atom stereocenters. The molecule has 0 amide bonds. The molecule has 5 aromatic rings. The summed E-state index contributed by atoms with van der Waals surface area (Å²) in [6, 6.07) is 15.8. The van der Waals surface area contributed by atoms with Gasteiger partial charge in [-0.3, -0.25) is 9.59 Å². The van der Waals surface area contributed by atoms with Crippen molar-refractivity contribution in [3.05, 3.63) is 67.2 Å². The quantitative estimate of drug-likeness (QED) is 0.144. The first-order chi connectivity index (χ1) is 17.4. The number of fused-ring (bicyclic) bond motifs is 2. The number of carbonyl (C=O) groups is 2. The summed E-state index contributed by atoms with van der Waals surface area (Å²) >= 11 is 10.5. The standard InChI is InChI=1S/C26H18Br2N2O4S2/c1-33-19(31)11-13-7-9-17(35-13)23-24(18-10-8-14(36-18)12-20(32)34-2)30-26-22(28)16-6-4-3-5-15(16)21(27)25(26)29-23/h3-10H,11-12H2,1-2H3. The van der Waals surface area contributed by atoms with Crippen molar-refractivity contribution in [1.82, 2.24) is 9.97 Å². The SMILES string of the molecule is COC(=O)Cc1ccc(-c2nc3c(Br)c4ccccc4c(Br)c3nc2-c2ccc(CC(=O)OC)s2)s1. The summed E-state index contributed by atoms with van der Waals surface area (Å²) in [4.78, 5) is 37.4. The first-order valence-electron chi connectivity index (χ1n) is 10.8. The van der Waals surface area contributed by atoms with E-state index >= 15 is 0 Å². The molecular weight excluding hydrogens is 628 g/mol. The number of hydrogen-bond acceptors (Lipinski definition) is 8. The van der Waals surface area contributed by atoms with Crippen LogP contribution in [0.25, 0.3) is 42.9 Å². The van der Waals surface area contributed by atoms with Gasteiger partial charge in [-0.15, -0.1) is 22.7 Å². The summed E-state index contributed by atoms with van der Waals surface area (Å²) in [5, 5.41) is 2.05. The third-order valence-electron chi connectivity index (χ3n) is 5.59. The monoisotopic (exact) mass is 644 g/mol. The molecule has 0 saturated heterocycles. The Kier molecular flexibility index (Phi) is 7.21. The topological polar surface area (TPSA) is 78.4 Å². The van der Waals surface area contributed by atoms with E-state index in [0.29, 0.717) is 11.4 Å². The van der Waals surface area contributed by atoms with E-state index < -0.39 is 0 Å². The summed E-state index contributed by atoms with van der Waals surface area (Å²) in [5.74, 6) is -0.589. The number of hydrogen-bond donors (Lipinski definition) is 0. The van der Waals surface area contributed by atoms with Crippen LogP contribution in [0.2, 0.25) is 0 Å². The minimum atomic E-state index is -0.294. The molecule has 0 aliphatic heterocycles. The molecule has 0 radical (unpaired) electrons. The Labute approximate surface area is 231 Å². The molecule has 36 heavy (non-hydrogen) atoms. The van der Waals surface area contributed by atoms with E-state index in [4.69, 9.17) is 19.4 Å². The lowest BCUT2D eigenvalue weighted by molar-refractivity contribution is -0.140. The molecule has 0 N–H and O–H groups in total.